The van der Waals surface area contributed by atoms with Crippen LogP contribution in [0, 0.1) is 17.8 Å². The maximum absolute atomic E-state index is 14.6. The molecule has 8 heteroatoms. The number of benzene rings is 2. The van der Waals surface area contributed by atoms with Crippen molar-refractivity contribution in [3.8, 4) is 0 Å². The SMILES string of the molecule is CC[C@H](C)[C@H](CO)N1C(=O)[C@@H]2[C@@H]3C(=O)OCC=C[C@]3(C)O[C@@]23C=CCN(c2ccc4ccccc4c2)C(=O)C13. The minimum atomic E-state index is -1.39. The van der Waals surface area contributed by atoms with Crippen LogP contribution in [-0.4, -0.2) is 70.8 Å². The van der Waals surface area contributed by atoms with Gasteiger partial charge in [-0.2, -0.15) is 0 Å². The first-order valence-electron chi connectivity index (χ1n) is 13.7. The third kappa shape index (κ3) is 3.68. The molecule has 1 N–H and O–H groups in total. The largest absolute Gasteiger partial charge is 0.461 e. The zero-order valence-electron chi connectivity index (χ0n) is 22.4. The topological polar surface area (TPSA) is 96.4 Å². The van der Waals surface area contributed by atoms with Crippen LogP contribution in [0.1, 0.15) is 27.2 Å². The lowest BCUT2D eigenvalue weighted by Gasteiger charge is -2.41. The Hall–Kier alpha value is -3.49. The fourth-order valence-electron chi connectivity index (χ4n) is 7.04. The fourth-order valence-corrected chi connectivity index (χ4v) is 7.04. The number of cyclic esters (lactones) is 1. The van der Waals surface area contributed by atoms with Gasteiger partial charge in [-0.3, -0.25) is 14.4 Å². The van der Waals surface area contributed by atoms with E-state index < -0.39 is 41.1 Å². The van der Waals surface area contributed by atoms with Crippen LogP contribution in [0.4, 0.5) is 5.69 Å². The molecule has 0 radical (unpaired) electrons. The second-order valence-electron chi connectivity index (χ2n) is 11.3. The van der Waals surface area contributed by atoms with E-state index in [4.69, 9.17) is 9.47 Å². The van der Waals surface area contributed by atoms with E-state index in [1.807, 2.05) is 68.5 Å². The lowest BCUT2D eigenvalue weighted by molar-refractivity contribution is -0.158. The zero-order valence-corrected chi connectivity index (χ0v) is 22.4. The maximum atomic E-state index is 14.6. The van der Waals surface area contributed by atoms with Crippen molar-refractivity contribution in [2.24, 2.45) is 17.8 Å². The molecule has 2 aromatic carbocycles. The minimum absolute atomic E-state index is 0.0867. The van der Waals surface area contributed by atoms with Gasteiger partial charge in [-0.15, -0.1) is 0 Å². The summed E-state index contributed by atoms with van der Waals surface area (Å²) in [6.45, 7) is 5.81. The number of esters is 1. The summed E-state index contributed by atoms with van der Waals surface area (Å²) in [6, 6.07) is 12.1. The molecule has 204 valence electrons. The van der Waals surface area contributed by atoms with Gasteiger partial charge in [0.05, 0.1) is 24.2 Å². The summed E-state index contributed by atoms with van der Waals surface area (Å²) in [5.74, 6) is -3.14. The molecule has 4 aliphatic rings. The summed E-state index contributed by atoms with van der Waals surface area (Å²) in [5, 5.41) is 12.6. The van der Waals surface area contributed by atoms with E-state index in [0.29, 0.717) is 12.1 Å². The molecule has 0 saturated carbocycles. The number of nitrogens with zero attached hydrogens (tertiary/aromatic N) is 2. The average molecular weight is 531 g/mol. The monoisotopic (exact) mass is 530 g/mol. The highest BCUT2D eigenvalue weighted by Gasteiger charge is 2.75. The number of likely N-dealkylation sites (tertiary alicyclic amines) is 1. The average Bonchev–Trinajstić information content (AvgIpc) is 3.19. The molecule has 39 heavy (non-hydrogen) atoms. The predicted octanol–water partition coefficient (Wildman–Crippen LogP) is 3.23. The van der Waals surface area contributed by atoms with E-state index in [2.05, 4.69) is 0 Å². The minimum Gasteiger partial charge on any atom is -0.461 e. The standard InChI is InChI=1S/C31H34N2O6/c1-4-19(2)23(18-34)33-26-28(36)32(22-12-11-20-9-5-6-10-21(20)17-22)15-7-14-31(26)24(27(33)35)25-29(37)38-16-8-13-30(25,3)39-31/h5-14,17,19,23-26,34H,4,15-16,18H2,1-3H3/t19-,23-,24-,25+,26?,30-,31-/m0/s1. The maximum Gasteiger partial charge on any atom is 0.313 e. The number of rotatable bonds is 5. The van der Waals surface area contributed by atoms with Gasteiger partial charge >= 0.3 is 5.97 Å². The van der Waals surface area contributed by atoms with Gasteiger partial charge in [-0.1, -0.05) is 68.8 Å². The second-order valence-corrected chi connectivity index (χ2v) is 11.3. The Kier molecular flexibility index (Phi) is 6.15. The molecule has 4 aliphatic heterocycles. The van der Waals surface area contributed by atoms with Gasteiger partial charge in [0.1, 0.15) is 24.2 Å². The third-order valence-electron chi connectivity index (χ3n) is 9.14. The van der Waals surface area contributed by atoms with Gasteiger partial charge < -0.3 is 24.4 Å². The van der Waals surface area contributed by atoms with Crippen molar-refractivity contribution in [2.45, 2.75) is 50.5 Å². The summed E-state index contributed by atoms with van der Waals surface area (Å²) in [6.07, 6.45) is 7.88. The lowest BCUT2D eigenvalue weighted by atomic mass is 9.75. The van der Waals surface area contributed by atoms with E-state index >= 15 is 0 Å². The molecule has 0 bridgehead atoms. The Balaban J connectivity index is 1.52. The number of hydrogen-bond acceptors (Lipinski definition) is 6. The normalized spacial score (nSPS) is 33.3. The van der Waals surface area contributed by atoms with Crippen molar-refractivity contribution in [1.82, 2.24) is 4.90 Å². The number of fused-ring (bicyclic) bond motifs is 3. The van der Waals surface area contributed by atoms with Crippen molar-refractivity contribution in [3.63, 3.8) is 0 Å². The van der Waals surface area contributed by atoms with Crippen LogP contribution in [0.3, 0.4) is 0 Å². The Labute approximate surface area is 227 Å². The first-order valence-corrected chi connectivity index (χ1v) is 13.7. The molecule has 2 fully saturated rings. The van der Waals surface area contributed by atoms with Crippen molar-refractivity contribution >= 4 is 34.2 Å². The van der Waals surface area contributed by atoms with Crippen molar-refractivity contribution in [3.05, 3.63) is 66.8 Å². The Morgan fingerprint density at radius 1 is 1.03 bits per heavy atom. The molecule has 1 spiro atoms. The van der Waals surface area contributed by atoms with Gasteiger partial charge in [-0.05, 0) is 41.8 Å². The molecular weight excluding hydrogens is 496 g/mol. The Morgan fingerprint density at radius 2 is 1.79 bits per heavy atom. The second kappa shape index (κ2) is 9.31. The first-order chi connectivity index (χ1) is 18.8. The van der Waals surface area contributed by atoms with Crippen LogP contribution < -0.4 is 4.90 Å². The number of ether oxygens (including phenoxy) is 2. The molecule has 0 aliphatic carbocycles. The van der Waals surface area contributed by atoms with Crippen LogP contribution in [-0.2, 0) is 23.9 Å². The molecule has 8 nitrogen and oxygen atoms in total. The summed E-state index contributed by atoms with van der Waals surface area (Å²) >= 11 is 0. The smallest absolute Gasteiger partial charge is 0.313 e. The van der Waals surface area contributed by atoms with Crippen molar-refractivity contribution < 1.29 is 29.0 Å². The zero-order chi connectivity index (χ0) is 27.5. The van der Waals surface area contributed by atoms with Gasteiger partial charge in [0, 0.05) is 12.2 Å². The van der Waals surface area contributed by atoms with Crippen LogP contribution in [0.2, 0.25) is 0 Å². The first kappa shape index (κ1) is 25.8. The molecule has 1 unspecified atom stereocenters. The summed E-state index contributed by atoms with van der Waals surface area (Å²) in [7, 11) is 0. The molecule has 4 heterocycles. The highest BCUT2D eigenvalue weighted by molar-refractivity contribution is 6.06. The van der Waals surface area contributed by atoms with Crippen molar-refractivity contribution in [1.29, 1.82) is 0 Å². The molecule has 2 aromatic rings. The summed E-state index contributed by atoms with van der Waals surface area (Å²) < 4.78 is 12.2. The summed E-state index contributed by atoms with van der Waals surface area (Å²) in [5.41, 5.74) is -1.80. The van der Waals surface area contributed by atoms with E-state index in [0.717, 1.165) is 10.8 Å². The van der Waals surface area contributed by atoms with Gasteiger partial charge in [0.15, 0.2) is 0 Å². The third-order valence-corrected chi connectivity index (χ3v) is 9.14. The Bertz CT molecular complexity index is 1400. The van der Waals surface area contributed by atoms with Gasteiger partial charge in [0.25, 0.3) is 5.91 Å². The van der Waals surface area contributed by atoms with Gasteiger partial charge in [0.2, 0.25) is 5.91 Å². The van der Waals surface area contributed by atoms with Crippen LogP contribution in [0.25, 0.3) is 10.8 Å². The number of hydrogen-bond donors (Lipinski definition) is 1. The lowest BCUT2D eigenvalue weighted by Crippen LogP contribution is -2.60. The highest BCUT2D eigenvalue weighted by atomic mass is 16.6. The molecule has 0 aromatic heterocycles. The number of aliphatic hydroxyl groups is 1. The van der Waals surface area contributed by atoms with E-state index in [-0.39, 0.29) is 37.5 Å². The highest BCUT2D eigenvalue weighted by Crippen LogP contribution is 2.58. The van der Waals surface area contributed by atoms with Crippen LogP contribution in [0.15, 0.2) is 66.8 Å². The Morgan fingerprint density at radius 3 is 2.54 bits per heavy atom. The predicted molar refractivity (Wildman–Crippen MR) is 146 cm³/mol. The molecule has 7 atom stereocenters. The molecule has 2 amide bonds. The quantitative estimate of drug-likeness (QED) is 0.471. The molecule has 2 saturated heterocycles. The number of amides is 2. The number of carbonyl (C=O) groups excluding carboxylic acids is 3. The number of anilines is 1. The van der Waals surface area contributed by atoms with Crippen molar-refractivity contribution in [2.75, 3.05) is 24.7 Å². The van der Waals surface area contributed by atoms with E-state index in [9.17, 15) is 19.5 Å². The van der Waals surface area contributed by atoms with E-state index in [1.54, 1.807) is 24.0 Å². The van der Waals surface area contributed by atoms with Crippen LogP contribution in [0.5, 0.6) is 0 Å². The summed E-state index contributed by atoms with van der Waals surface area (Å²) in [4.78, 5) is 45.5. The number of aliphatic hydroxyl groups excluding tert-OH is 1. The van der Waals surface area contributed by atoms with Gasteiger partial charge in [-0.25, -0.2) is 0 Å². The fraction of sp³-hybridized carbons (Fsp3) is 0.452. The molecule has 6 rings (SSSR count). The molecular formula is C31H34N2O6. The van der Waals surface area contributed by atoms with E-state index in [1.165, 1.54) is 4.90 Å². The number of carbonyl (C=O) groups is 3. The van der Waals surface area contributed by atoms with Crippen LogP contribution >= 0.6 is 0 Å².